The molecule has 0 aromatic heterocycles. The summed E-state index contributed by atoms with van der Waals surface area (Å²) in [7, 11) is 0. The third-order valence-electron chi connectivity index (χ3n) is 2.19. The summed E-state index contributed by atoms with van der Waals surface area (Å²) in [5, 5.41) is 2.06. The molecule has 0 aliphatic rings. The van der Waals surface area contributed by atoms with Gasteiger partial charge in [0.15, 0.2) is 5.82 Å². The van der Waals surface area contributed by atoms with Crippen LogP contribution >= 0.6 is 11.6 Å². The number of amides is 1. The molecule has 0 bridgehead atoms. The molecule has 0 heterocycles. The molecule has 0 aliphatic heterocycles. The fourth-order valence-corrected chi connectivity index (χ4v) is 1.56. The second-order valence-corrected chi connectivity index (χ2v) is 4.04. The summed E-state index contributed by atoms with van der Waals surface area (Å²) in [5.74, 6) is -2.27. The standard InChI is InChI=1S/C11H13ClF2N2O/c1-2-3-9(15)11(17)16-10-7(12)4-6(13)5-8(10)14/h4-5,9H,2-3,15H2,1H3,(H,16,17)/t9-/m0/s1. The highest BCUT2D eigenvalue weighted by Gasteiger charge is 2.17. The Morgan fingerprint density at radius 1 is 1.53 bits per heavy atom. The minimum absolute atomic E-state index is 0.195. The molecule has 0 saturated heterocycles. The fraction of sp³-hybridized carbons (Fsp3) is 0.364. The monoisotopic (exact) mass is 262 g/mol. The molecule has 1 aromatic rings. The van der Waals surface area contributed by atoms with E-state index in [9.17, 15) is 13.6 Å². The highest BCUT2D eigenvalue weighted by molar-refractivity contribution is 6.33. The van der Waals surface area contributed by atoms with E-state index in [4.69, 9.17) is 17.3 Å². The molecule has 94 valence electrons. The molecule has 0 spiro atoms. The van der Waals surface area contributed by atoms with Crippen LogP contribution in [0.15, 0.2) is 12.1 Å². The van der Waals surface area contributed by atoms with Gasteiger partial charge in [-0.15, -0.1) is 0 Å². The van der Waals surface area contributed by atoms with Gasteiger partial charge in [-0.25, -0.2) is 8.78 Å². The largest absolute Gasteiger partial charge is 0.321 e. The van der Waals surface area contributed by atoms with Crippen molar-refractivity contribution in [1.29, 1.82) is 0 Å². The maximum Gasteiger partial charge on any atom is 0.241 e. The Labute approximate surface area is 103 Å². The lowest BCUT2D eigenvalue weighted by molar-refractivity contribution is -0.117. The summed E-state index contributed by atoms with van der Waals surface area (Å²) < 4.78 is 26.1. The molecule has 17 heavy (non-hydrogen) atoms. The third kappa shape index (κ3) is 3.64. The first-order valence-electron chi connectivity index (χ1n) is 5.16. The highest BCUT2D eigenvalue weighted by Crippen LogP contribution is 2.26. The number of rotatable bonds is 4. The van der Waals surface area contributed by atoms with Crippen molar-refractivity contribution in [2.24, 2.45) is 5.73 Å². The molecule has 0 fully saturated rings. The topological polar surface area (TPSA) is 55.1 Å². The first-order valence-corrected chi connectivity index (χ1v) is 5.54. The van der Waals surface area contributed by atoms with E-state index >= 15 is 0 Å². The van der Waals surface area contributed by atoms with Crippen molar-refractivity contribution in [3.63, 3.8) is 0 Å². The highest BCUT2D eigenvalue weighted by atomic mass is 35.5. The molecule has 6 heteroatoms. The lowest BCUT2D eigenvalue weighted by atomic mass is 10.1. The van der Waals surface area contributed by atoms with Crippen LogP contribution in [0, 0.1) is 11.6 Å². The van der Waals surface area contributed by atoms with Crippen LogP contribution < -0.4 is 11.1 Å². The van der Waals surface area contributed by atoms with Crippen molar-refractivity contribution in [3.05, 3.63) is 28.8 Å². The SMILES string of the molecule is CCC[C@H](N)C(=O)Nc1c(F)cc(F)cc1Cl. The second kappa shape index (κ2) is 5.93. The Balaban J connectivity index is 2.85. The molecular weight excluding hydrogens is 250 g/mol. The average Bonchev–Trinajstić information content (AvgIpc) is 2.23. The van der Waals surface area contributed by atoms with Gasteiger partial charge >= 0.3 is 0 Å². The van der Waals surface area contributed by atoms with Crippen LogP contribution in [-0.2, 0) is 4.79 Å². The lowest BCUT2D eigenvalue weighted by Crippen LogP contribution is -2.35. The summed E-state index contributed by atoms with van der Waals surface area (Å²) in [4.78, 5) is 11.5. The van der Waals surface area contributed by atoms with Gasteiger partial charge in [0.2, 0.25) is 5.91 Å². The van der Waals surface area contributed by atoms with Gasteiger partial charge in [-0.1, -0.05) is 24.9 Å². The van der Waals surface area contributed by atoms with Crippen LogP contribution in [0.1, 0.15) is 19.8 Å². The predicted molar refractivity (Wildman–Crippen MR) is 62.9 cm³/mol. The van der Waals surface area contributed by atoms with E-state index in [1.54, 1.807) is 0 Å². The lowest BCUT2D eigenvalue weighted by Gasteiger charge is -2.12. The van der Waals surface area contributed by atoms with E-state index in [1.807, 2.05) is 6.92 Å². The van der Waals surface area contributed by atoms with Crippen molar-refractivity contribution in [3.8, 4) is 0 Å². The summed E-state index contributed by atoms with van der Waals surface area (Å²) in [5.41, 5.74) is 5.31. The first kappa shape index (κ1) is 13.9. The van der Waals surface area contributed by atoms with Gasteiger partial charge in [0.25, 0.3) is 0 Å². The van der Waals surface area contributed by atoms with Crippen LogP contribution in [0.5, 0.6) is 0 Å². The molecule has 1 atom stereocenters. The summed E-state index contributed by atoms with van der Waals surface area (Å²) >= 11 is 5.63. The van der Waals surface area contributed by atoms with Crippen molar-refractivity contribution in [2.45, 2.75) is 25.8 Å². The van der Waals surface area contributed by atoms with Crippen molar-refractivity contribution < 1.29 is 13.6 Å². The van der Waals surface area contributed by atoms with Gasteiger partial charge < -0.3 is 11.1 Å². The van der Waals surface area contributed by atoms with E-state index in [0.717, 1.165) is 12.5 Å². The molecule has 0 radical (unpaired) electrons. The van der Waals surface area contributed by atoms with E-state index in [-0.39, 0.29) is 10.7 Å². The Bertz CT molecular complexity index is 403. The Hall–Kier alpha value is -1.20. The number of carbonyl (C=O) groups excluding carboxylic acids is 1. The molecule has 1 aromatic carbocycles. The zero-order chi connectivity index (χ0) is 13.0. The smallest absolute Gasteiger partial charge is 0.241 e. The number of carbonyl (C=O) groups is 1. The predicted octanol–water partition coefficient (Wildman–Crippen LogP) is 2.68. The third-order valence-corrected chi connectivity index (χ3v) is 2.49. The Kier molecular flexibility index (Phi) is 4.84. The number of halogens is 3. The zero-order valence-electron chi connectivity index (χ0n) is 9.27. The van der Waals surface area contributed by atoms with Crippen LogP contribution in [0.4, 0.5) is 14.5 Å². The van der Waals surface area contributed by atoms with E-state index < -0.39 is 23.6 Å². The molecule has 0 aliphatic carbocycles. The molecule has 3 N–H and O–H groups in total. The number of nitrogens with two attached hydrogens (primary N) is 1. The van der Waals surface area contributed by atoms with Crippen molar-refractivity contribution in [2.75, 3.05) is 5.32 Å². The molecular formula is C11H13ClF2N2O. The summed E-state index contributed by atoms with van der Waals surface area (Å²) in [6, 6.07) is 0.832. The van der Waals surface area contributed by atoms with E-state index in [2.05, 4.69) is 5.32 Å². The normalized spacial score (nSPS) is 12.3. The fourth-order valence-electron chi connectivity index (χ4n) is 1.32. The van der Waals surface area contributed by atoms with E-state index in [0.29, 0.717) is 12.5 Å². The van der Waals surface area contributed by atoms with Crippen molar-refractivity contribution >= 4 is 23.2 Å². The summed E-state index contributed by atoms with van der Waals surface area (Å²) in [6.45, 7) is 1.87. The van der Waals surface area contributed by atoms with Crippen LogP contribution in [0.25, 0.3) is 0 Å². The minimum Gasteiger partial charge on any atom is -0.321 e. The number of anilines is 1. The molecule has 0 unspecified atom stereocenters. The van der Waals surface area contributed by atoms with Crippen LogP contribution in [-0.4, -0.2) is 11.9 Å². The van der Waals surface area contributed by atoms with Gasteiger partial charge in [0.05, 0.1) is 16.8 Å². The van der Waals surface area contributed by atoms with Gasteiger partial charge in [-0.2, -0.15) is 0 Å². The van der Waals surface area contributed by atoms with Crippen molar-refractivity contribution in [1.82, 2.24) is 0 Å². The zero-order valence-corrected chi connectivity index (χ0v) is 10.0. The number of hydrogen-bond donors (Lipinski definition) is 2. The molecule has 1 amide bonds. The second-order valence-electron chi connectivity index (χ2n) is 3.63. The van der Waals surface area contributed by atoms with Gasteiger partial charge in [0.1, 0.15) is 5.82 Å². The average molecular weight is 263 g/mol. The number of benzene rings is 1. The Morgan fingerprint density at radius 2 is 2.18 bits per heavy atom. The molecule has 0 saturated carbocycles. The van der Waals surface area contributed by atoms with Gasteiger partial charge in [-0.3, -0.25) is 4.79 Å². The van der Waals surface area contributed by atoms with Gasteiger partial charge in [-0.05, 0) is 12.5 Å². The van der Waals surface area contributed by atoms with Crippen LogP contribution in [0.2, 0.25) is 5.02 Å². The first-order chi connectivity index (χ1) is 7.95. The maximum absolute atomic E-state index is 13.3. The number of nitrogens with one attached hydrogen (secondary N) is 1. The summed E-state index contributed by atoms with van der Waals surface area (Å²) in [6.07, 6.45) is 1.21. The minimum atomic E-state index is -0.924. The molecule has 3 nitrogen and oxygen atoms in total. The van der Waals surface area contributed by atoms with Crippen LogP contribution in [0.3, 0.4) is 0 Å². The number of hydrogen-bond acceptors (Lipinski definition) is 2. The quantitative estimate of drug-likeness (QED) is 0.877. The van der Waals surface area contributed by atoms with Gasteiger partial charge in [0, 0.05) is 6.07 Å². The van der Waals surface area contributed by atoms with E-state index in [1.165, 1.54) is 0 Å². The Morgan fingerprint density at radius 3 is 2.71 bits per heavy atom. The molecule has 1 rings (SSSR count). The maximum atomic E-state index is 13.3.